The average molecular weight is 240 g/mol. The Morgan fingerprint density at radius 1 is 1.33 bits per heavy atom. The van der Waals surface area contributed by atoms with E-state index >= 15 is 0 Å². The molecule has 0 spiro atoms. The predicted octanol–water partition coefficient (Wildman–Crippen LogP) is 1.07. The number of hydrogen-bond acceptors (Lipinski definition) is 3. The molecule has 0 fully saturated rings. The molecule has 0 aliphatic rings. The first-order chi connectivity index (χ1) is 5.06. The zero-order valence-electron chi connectivity index (χ0n) is 8.20. The first-order valence-electron chi connectivity index (χ1n) is 3.45. The van der Waals surface area contributed by atoms with E-state index in [-0.39, 0.29) is 5.60 Å². The van der Waals surface area contributed by atoms with Gasteiger partial charge in [-0.1, -0.05) is 0 Å². The molecule has 74 valence electrons. The van der Waals surface area contributed by atoms with E-state index < -0.39 is 13.8 Å². The van der Waals surface area contributed by atoms with Crippen LogP contribution in [0.4, 0.5) is 0 Å². The topological polar surface area (TPSA) is 63.6 Å². The summed E-state index contributed by atoms with van der Waals surface area (Å²) >= 11 is -3.12. The second-order valence-corrected chi connectivity index (χ2v) is 9.05. The van der Waals surface area contributed by atoms with Gasteiger partial charge in [0, 0.05) is 0 Å². The molecule has 0 saturated heterocycles. The van der Waals surface area contributed by atoms with Gasteiger partial charge in [-0.2, -0.15) is 0 Å². The van der Waals surface area contributed by atoms with Crippen molar-refractivity contribution in [1.29, 1.82) is 0 Å². The van der Waals surface area contributed by atoms with Crippen LogP contribution < -0.4 is 0 Å². The number of carbonyl (C=O) groups excluding carboxylic acids is 1. The van der Waals surface area contributed by atoms with Gasteiger partial charge in [0.25, 0.3) is 6.47 Å². The number of hydrogen-bond donors (Lipinski definition) is 1. The Bertz CT molecular complexity index is 156. The van der Waals surface area contributed by atoms with Crippen molar-refractivity contribution in [2.24, 2.45) is 0 Å². The fraction of sp³-hybridized carbons (Fsp3) is 0.857. The summed E-state index contributed by atoms with van der Waals surface area (Å²) in [6.45, 7) is 5.92. The molecule has 0 unspecified atom stereocenters. The molecular weight excluding hydrogens is 223 g/mol. The van der Waals surface area contributed by atoms with E-state index in [2.05, 4.69) is 4.74 Å². The molecule has 12 heavy (non-hydrogen) atoms. The van der Waals surface area contributed by atoms with Gasteiger partial charge in [0.15, 0.2) is 0 Å². The van der Waals surface area contributed by atoms with Crippen molar-refractivity contribution in [3.63, 3.8) is 0 Å². The SMILES string of the molecule is CC(C)(C)OC=O.C[As](C)(=O)O. The van der Waals surface area contributed by atoms with Gasteiger partial charge in [-0.15, -0.1) is 0 Å². The summed E-state index contributed by atoms with van der Waals surface area (Å²) in [4.78, 5) is 9.60. The van der Waals surface area contributed by atoms with E-state index in [9.17, 15) is 8.53 Å². The van der Waals surface area contributed by atoms with Crippen LogP contribution in [-0.2, 0) is 13.3 Å². The van der Waals surface area contributed by atoms with Crippen LogP contribution in [0.3, 0.4) is 0 Å². The molecule has 0 amide bonds. The van der Waals surface area contributed by atoms with E-state index in [1.54, 1.807) is 0 Å². The average Bonchev–Trinajstić information content (AvgIpc) is 1.54. The van der Waals surface area contributed by atoms with Gasteiger partial charge in [-0.3, -0.25) is 4.79 Å². The Kier molecular flexibility index (Phi) is 6.49. The molecule has 0 atom stereocenters. The Morgan fingerprint density at radius 2 is 1.58 bits per heavy atom. The number of carbonyl (C=O) groups is 1. The minimum atomic E-state index is -3.12. The predicted molar refractivity (Wildman–Crippen MR) is 47.3 cm³/mol. The second-order valence-electron chi connectivity index (χ2n) is 3.62. The fourth-order valence-electron chi connectivity index (χ4n) is 0.144. The van der Waals surface area contributed by atoms with Crippen molar-refractivity contribution in [3.8, 4) is 0 Å². The van der Waals surface area contributed by atoms with Gasteiger partial charge in [0.2, 0.25) is 0 Å². The monoisotopic (exact) mass is 240 g/mol. The van der Waals surface area contributed by atoms with Gasteiger partial charge < -0.3 is 4.74 Å². The van der Waals surface area contributed by atoms with Gasteiger partial charge in [0.1, 0.15) is 5.60 Å². The molecule has 0 aliphatic heterocycles. The molecule has 0 bridgehead atoms. The minimum absolute atomic E-state index is 0.318. The molecule has 4 nitrogen and oxygen atoms in total. The Balaban J connectivity index is 0. The van der Waals surface area contributed by atoms with Gasteiger partial charge in [-0.05, 0) is 20.8 Å². The second kappa shape index (κ2) is 5.44. The summed E-state index contributed by atoms with van der Waals surface area (Å²) in [5.41, 5.74) is 2.40. The van der Waals surface area contributed by atoms with E-state index in [1.165, 1.54) is 11.4 Å². The van der Waals surface area contributed by atoms with Crippen LogP contribution in [0.1, 0.15) is 20.8 Å². The Labute approximate surface area is 75.9 Å². The molecule has 0 heterocycles. The van der Waals surface area contributed by atoms with Crippen molar-refractivity contribution in [3.05, 3.63) is 0 Å². The van der Waals surface area contributed by atoms with Crippen LogP contribution in [0.25, 0.3) is 0 Å². The first kappa shape index (κ1) is 14.3. The standard InChI is InChI=1S/C5H10O2.C2H7AsO2/c1-5(2,3)7-4-6;1-3(2,4)5/h4H,1-3H3;1-2H3,(H,4,5). The molecule has 0 radical (unpaired) electrons. The Morgan fingerprint density at radius 3 is 1.58 bits per heavy atom. The summed E-state index contributed by atoms with van der Waals surface area (Å²) in [7, 11) is 0. The van der Waals surface area contributed by atoms with Crippen LogP contribution in [0.2, 0.25) is 11.4 Å². The van der Waals surface area contributed by atoms with E-state index in [4.69, 9.17) is 4.10 Å². The van der Waals surface area contributed by atoms with Crippen molar-refractivity contribution in [2.45, 2.75) is 37.8 Å². The summed E-state index contributed by atoms with van der Waals surface area (Å²) in [5, 5.41) is 0. The normalized spacial score (nSPS) is 11.2. The van der Waals surface area contributed by atoms with Crippen LogP contribution in [-0.4, -0.2) is 30.0 Å². The van der Waals surface area contributed by atoms with Crippen LogP contribution >= 0.6 is 0 Å². The summed E-state index contributed by atoms with van der Waals surface area (Å²) < 4.78 is 22.5. The summed E-state index contributed by atoms with van der Waals surface area (Å²) in [6.07, 6.45) is 0. The molecule has 0 saturated carbocycles. The van der Waals surface area contributed by atoms with Crippen molar-refractivity contribution in [1.82, 2.24) is 0 Å². The third kappa shape index (κ3) is 52.7. The van der Waals surface area contributed by atoms with Gasteiger partial charge in [0.05, 0.1) is 0 Å². The molecule has 1 N–H and O–H groups in total. The zero-order valence-corrected chi connectivity index (χ0v) is 10.1. The van der Waals surface area contributed by atoms with Gasteiger partial charge >= 0.3 is 33.1 Å². The van der Waals surface area contributed by atoms with Crippen LogP contribution in [0, 0.1) is 0 Å². The number of ether oxygens (including phenoxy) is 1. The molecular formula is C7H17AsO4. The molecule has 0 rings (SSSR count). The third-order valence-corrected chi connectivity index (χ3v) is 0.402. The van der Waals surface area contributed by atoms with Crippen LogP contribution in [0.5, 0.6) is 0 Å². The quantitative estimate of drug-likeness (QED) is 0.550. The Hall–Kier alpha value is -0.212. The zero-order chi connectivity index (χ0) is 10.4. The fourth-order valence-corrected chi connectivity index (χ4v) is 0.144. The molecule has 0 aromatic heterocycles. The van der Waals surface area contributed by atoms with Crippen molar-refractivity contribution < 1.29 is 17.4 Å². The van der Waals surface area contributed by atoms with Crippen molar-refractivity contribution in [2.75, 3.05) is 0 Å². The maximum absolute atomic E-state index is 9.83. The molecule has 0 aromatic carbocycles. The number of rotatable bonds is 1. The molecule has 0 aliphatic carbocycles. The van der Waals surface area contributed by atoms with E-state index in [0.29, 0.717) is 6.47 Å². The third-order valence-electron chi connectivity index (χ3n) is 0.402. The van der Waals surface area contributed by atoms with E-state index in [1.807, 2.05) is 20.8 Å². The maximum atomic E-state index is 9.83. The molecule has 5 heteroatoms. The first-order valence-corrected chi connectivity index (χ1v) is 8.81. The van der Waals surface area contributed by atoms with Crippen LogP contribution in [0.15, 0.2) is 0 Å². The summed E-state index contributed by atoms with van der Waals surface area (Å²) in [5.74, 6) is 0. The van der Waals surface area contributed by atoms with Crippen molar-refractivity contribution >= 4 is 20.3 Å². The molecule has 0 aromatic rings. The summed E-state index contributed by atoms with van der Waals surface area (Å²) in [6, 6.07) is 0. The van der Waals surface area contributed by atoms with Gasteiger partial charge in [-0.25, -0.2) is 0 Å². The van der Waals surface area contributed by atoms with E-state index in [0.717, 1.165) is 0 Å².